The molecular formula is C18H19ClF4N4O2S. The molecule has 164 valence electrons. The smallest absolute Gasteiger partial charge is 0.268 e. The predicted molar refractivity (Wildman–Crippen MR) is 106 cm³/mol. The van der Waals surface area contributed by atoms with Crippen molar-refractivity contribution >= 4 is 33.1 Å². The maximum atomic E-state index is 14.9. The maximum Gasteiger partial charge on any atom is 0.268 e. The Kier molecular flexibility index (Phi) is 6.17. The maximum absolute atomic E-state index is 14.9. The molecule has 1 fully saturated rings. The molecule has 2 aromatic rings. The average Bonchev–Trinajstić information content (AvgIpc) is 3.10. The first-order valence-corrected chi connectivity index (χ1v) is 10.7. The zero-order chi connectivity index (χ0) is 22.3. The van der Waals surface area contributed by atoms with Crippen LogP contribution in [0.4, 0.5) is 29.1 Å². The Morgan fingerprint density at radius 3 is 2.57 bits per heavy atom. The van der Waals surface area contributed by atoms with Gasteiger partial charge in [-0.3, -0.25) is 9.62 Å². The third kappa shape index (κ3) is 4.06. The second-order valence-corrected chi connectivity index (χ2v) is 9.21. The van der Waals surface area contributed by atoms with Crippen LogP contribution >= 0.6 is 11.6 Å². The molecule has 1 unspecified atom stereocenters. The summed E-state index contributed by atoms with van der Waals surface area (Å²) in [4.78, 5) is 5.19. The molecule has 0 radical (unpaired) electrons. The highest BCUT2D eigenvalue weighted by Crippen LogP contribution is 2.39. The molecule has 1 atom stereocenters. The number of aromatic nitrogens is 1. The summed E-state index contributed by atoms with van der Waals surface area (Å²) in [6, 6.07) is 4.07. The normalized spacial score (nSPS) is 19.5. The molecule has 12 heteroatoms. The fraction of sp³-hybridized carbons (Fsp3) is 0.389. The lowest BCUT2D eigenvalue weighted by atomic mass is 9.99. The highest BCUT2D eigenvalue weighted by molar-refractivity contribution is 7.92. The summed E-state index contributed by atoms with van der Waals surface area (Å²) in [5.74, 6) is -4.32. The Balaban J connectivity index is 1.98. The van der Waals surface area contributed by atoms with Crippen LogP contribution in [0.3, 0.4) is 0 Å². The number of sulfonamides is 1. The van der Waals surface area contributed by atoms with Gasteiger partial charge < -0.3 is 4.90 Å². The number of pyridine rings is 1. The second-order valence-electron chi connectivity index (χ2n) is 7.21. The Hall–Kier alpha value is -2.11. The zero-order valence-corrected chi connectivity index (χ0v) is 17.7. The van der Waals surface area contributed by atoms with Crippen molar-refractivity contribution in [3.05, 3.63) is 46.9 Å². The molecule has 0 aliphatic carbocycles. The summed E-state index contributed by atoms with van der Waals surface area (Å²) < 4.78 is 83.3. The standard InChI is InChI=1S/C18H19ClF4N4O2S/c1-26(2)18(9-20)6-7-27(10-18)12-8-11(21)17(16(23)15(12)19)30(28,29)25-14-5-3-4-13(22)24-14/h3-5,8H,6-7,9-10H2,1-2H3,(H,24,25). The molecule has 1 N–H and O–H groups in total. The summed E-state index contributed by atoms with van der Waals surface area (Å²) >= 11 is 6.04. The number of hydrogen-bond acceptors (Lipinski definition) is 5. The Morgan fingerprint density at radius 1 is 1.30 bits per heavy atom. The molecule has 6 nitrogen and oxygen atoms in total. The molecule has 3 rings (SSSR count). The van der Waals surface area contributed by atoms with Crippen molar-refractivity contribution in [3.8, 4) is 0 Å². The minimum absolute atomic E-state index is 0.0772. The van der Waals surface area contributed by atoms with E-state index in [1.807, 2.05) is 4.72 Å². The molecule has 0 amide bonds. The third-order valence-electron chi connectivity index (χ3n) is 5.19. The summed E-state index contributed by atoms with van der Waals surface area (Å²) in [5, 5.41) is -0.614. The van der Waals surface area contributed by atoms with Crippen LogP contribution < -0.4 is 9.62 Å². The molecule has 0 saturated carbocycles. The van der Waals surface area contributed by atoms with Crippen LogP contribution in [-0.4, -0.2) is 57.7 Å². The van der Waals surface area contributed by atoms with E-state index in [2.05, 4.69) is 4.98 Å². The number of anilines is 2. The van der Waals surface area contributed by atoms with E-state index in [4.69, 9.17) is 11.6 Å². The molecule has 2 heterocycles. The fourth-order valence-corrected chi connectivity index (χ4v) is 4.82. The molecule has 1 aromatic heterocycles. The van der Waals surface area contributed by atoms with Gasteiger partial charge in [0.05, 0.1) is 11.2 Å². The quantitative estimate of drug-likeness (QED) is 0.401. The zero-order valence-electron chi connectivity index (χ0n) is 16.1. The SMILES string of the molecule is CN(C)C1(CF)CCN(c2cc(F)c(S(=O)(=O)Nc3cccc(F)n3)c(F)c2Cl)C1. The van der Waals surface area contributed by atoms with Crippen molar-refractivity contribution in [1.29, 1.82) is 0 Å². The van der Waals surface area contributed by atoms with Crippen molar-refractivity contribution in [2.45, 2.75) is 16.9 Å². The van der Waals surface area contributed by atoms with Crippen molar-refractivity contribution < 1.29 is 26.0 Å². The number of hydrogen-bond donors (Lipinski definition) is 1. The molecule has 1 aliphatic heterocycles. The number of nitrogens with one attached hydrogen (secondary N) is 1. The highest BCUT2D eigenvalue weighted by Gasteiger charge is 2.42. The lowest BCUT2D eigenvalue weighted by Gasteiger charge is -2.34. The first kappa shape index (κ1) is 22.6. The first-order chi connectivity index (χ1) is 14.0. The summed E-state index contributed by atoms with van der Waals surface area (Å²) in [6.07, 6.45) is 0.392. The highest BCUT2D eigenvalue weighted by atomic mass is 35.5. The van der Waals surface area contributed by atoms with Gasteiger partial charge in [-0.2, -0.15) is 4.39 Å². The fourth-order valence-electron chi connectivity index (χ4n) is 3.35. The average molecular weight is 467 g/mol. The largest absolute Gasteiger partial charge is 0.368 e. The van der Waals surface area contributed by atoms with Gasteiger partial charge in [-0.05, 0) is 32.6 Å². The van der Waals surface area contributed by atoms with Gasteiger partial charge in [-0.15, -0.1) is 0 Å². The van der Waals surface area contributed by atoms with Gasteiger partial charge >= 0.3 is 0 Å². The van der Waals surface area contributed by atoms with E-state index in [0.29, 0.717) is 6.42 Å². The Bertz CT molecular complexity index is 1070. The number of alkyl halides is 1. The summed E-state index contributed by atoms with van der Waals surface area (Å²) in [7, 11) is -1.39. The number of halogens is 5. The van der Waals surface area contributed by atoms with Crippen LogP contribution in [0.5, 0.6) is 0 Å². The monoisotopic (exact) mass is 466 g/mol. The molecule has 0 bridgehead atoms. The third-order valence-corrected chi connectivity index (χ3v) is 6.94. The van der Waals surface area contributed by atoms with Gasteiger partial charge in [0.2, 0.25) is 5.95 Å². The van der Waals surface area contributed by atoms with Gasteiger partial charge in [0.25, 0.3) is 10.0 Å². The van der Waals surface area contributed by atoms with Crippen LogP contribution in [0.25, 0.3) is 0 Å². The van der Waals surface area contributed by atoms with Crippen LogP contribution in [0.1, 0.15) is 6.42 Å². The molecule has 1 aliphatic rings. The summed E-state index contributed by atoms with van der Waals surface area (Å²) in [6.45, 7) is -0.277. The number of nitrogens with zero attached hydrogens (tertiary/aromatic N) is 3. The Labute approximate surface area is 176 Å². The van der Waals surface area contributed by atoms with Crippen molar-refractivity contribution in [3.63, 3.8) is 0 Å². The Morgan fingerprint density at radius 2 is 2.00 bits per heavy atom. The molecular weight excluding hydrogens is 448 g/mol. The molecule has 1 saturated heterocycles. The van der Waals surface area contributed by atoms with Crippen LogP contribution in [0.15, 0.2) is 29.2 Å². The van der Waals surface area contributed by atoms with Crippen LogP contribution in [0, 0.1) is 17.6 Å². The van der Waals surface area contributed by atoms with Crippen molar-refractivity contribution in [2.75, 3.05) is 43.5 Å². The van der Waals surface area contributed by atoms with E-state index in [1.165, 1.54) is 11.0 Å². The number of rotatable bonds is 6. The van der Waals surface area contributed by atoms with E-state index in [-0.39, 0.29) is 18.8 Å². The molecule has 1 aromatic carbocycles. The second kappa shape index (κ2) is 8.20. The topological polar surface area (TPSA) is 65.5 Å². The minimum Gasteiger partial charge on any atom is -0.368 e. The number of likely N-dealkylation sites (N-methyl/N-ethyl adjacent to an activating group) is 1. The summed E-state index contributed by atoms with van der Waals surface area (Å²) in [5.41, 5.74) is -0.919. The van der Waals surface area contributed by atoms with E-state index < -0.39 is 55.6 Å². The molecule has 30 heavy (non-hydrogen) atoms. The van der Waals surface area contributed by atoms with Crippen LogP contribution in [0.2, 0.25) is 5.02 Å². The van der Waals surface area contributed by atoms with Gasteiger partial charge in [-0.1, -0.05) is 17.7 Å². The van der Waals surface area contributed by atoms with Crippen molar-refractivity contribution in [1.82, 2.24) is 9.88 Å². The van der Waals surface area contributed by atoms with E-state index >= 15 is 0 Å². The van der Waals surface area contributed by atoms with E-state index in [1.54, 1.807) is 19.0 Å². The lowest BCUT2D eigenvalue weighted by molar-refractivity contribution is 0.135. The lowest BCUT2D eigenvalue weighted by Crippen LogP contribution is -2.48. The molecule has 0 spiro atoms. The minimum atomic E-state index is -4.80. The predicted octanol–water partition coefficient (Wildman–Crippen LogP) is 3.43. The van der Waals surface area contributed by atoms with Gasteiger partial charge in [0, 0.05) is 19.2 Å². The van der Waals surface area contributed by atoms with E-state index in [0.717, 1.165) is 18.2 Å². The van der Waals surface area contributed by atoms with Gasteiger partial charge in [0.15, 0.2) is 10.7 Å². The van der Waals surface area contributed by atoms with Gasteiger partial charge in [0.1, 0.15) is 23.3 Å². The van der Waals surface area contributed by atoms with Crippen molar-refractivity contribution in [2.24, 2.45) is 0 Å². The van der Waals surface area contributed by atoms with Crippen LogP contribution in [-0.2, 0) is 10.0 Å². The van der Waals surface area contributed by atoms with Gasteiger partial charge in [-0.25, -0.2) is 26.6 Å². The first-order valence-electron chi connectivity index (χ1n) is 8.82. The number of benzene rings is 1. The van der Waals surface area contributed by atoms with E-state index in [9.17, 15) is 26.0 Å².